The highest BCUT2D eigenvalue weighted by molar-refractivity contribution is 6.30. The number of benzene rings is 3. The van der Waals surface area contributed by atoms with Crippen molar-refractivity contribution < 1.29 is 24.2 Å². The number of carbonyl (C=O) groups is 2. The lowest BCUT2D eigenvalue weighted by Crippen LogP contribution is -2.45. The van der Waals surface area contributed by atoms with E-state index in [1.807, 2.05) is 48.5 Å². The van der Waals surface area contributed by atoms with E-state index in [0.29, 0.717) is 10.8 Å². The lowest BCUT2D eigenvalue weighted by molar-refractivity contribution is -0.140. The molecule has 1 atom stereocenters. The van der Waals surface area contributed by atoms with E-state index < -0.39 is 18.1 Å². The van der Waals surface area contributed by atoms with Gasteiger partial charge in [0.2, 0.25) is 0 Å². The molecule has 0 bridgehead atoms. The summed E-state index contributed by atoms with van der Waals surface area (Å²) in [5, 5.41) is 12.3. The third kappa shape index (κ3) is 4.64. The van der Waals surface area contributed by atoms with Crippen LogP contribution in [-0.2, 0) is 9.53 Å². The monoisotopic (exact) mass is 437 g/mol. The quantitative estimate of drug-likeness (QED) is 0.559. The van der Waals surface area contributed by atoms with E-state index in [4.69, 9.17) is 21.1 Å². The van der Waals surface area contributed by atoms with Crippen LogP contribution >= 0.6 is 11.6 Å². The van der Waals surface area contributed by atoms with E-state index in [1.54, 1.807) is 24.3 Å². The Bertz CT molecular complexity index is 1050. The molecule has 31 heavy (non-hydrogen) atoms. The lowest BCUT2D eigenvalue weighted by atomic mass is 9.98. The molecule has 3 aromatic rings. The Kier molecular flexibility index (Phi) is 6.09. The van der Waals surface area contributed by atoms with Crippen molar-refractivity contribution in [2.75, 3.05) is 13.2 Å². The Labute approximate surface area is 184 Å². The third-order valence-electron chi connectivity index (χ3n) is 5.16. The number of alkyl carbamates (subject to hydrolysis) is 1. The minimum atomic E-state index is -1.26. The van der Waals surface area contributed by atoms with Gasteiger partial charge in [0.1, 0.15) is 19.0 Å². The number of carbonyl (C=O) groups excluding carboxylic acids is 1. The van der Waals surface area contributed by atoms with Gasteiger partial charge in [-0.2, -0.15) is 0 Å². The number of fused-ring (bicyclic) bond motifs is 3. The Morgan fingerprint density at radius 3 is 2.10 bits per heavy atom. The molecular weight excluding hydrogens is 418 g/mol. The first kappa shape index (κ1) is 20.8. The highest BCUT2D eigenvalue weighted by atomic mass is 35.5. The highest BCUT2D eigenvalue weighted by Crippen LogP contribution is 2.44. The van der Waals surface area contributed by atoms with Crippen molar-refractivity contribution in [3.63, 3.8) is 0 Å². The summed E-state index contributed by atoms with van der Waals surface area (Å²) in [6.45, 7) is -0.147. The molecule has 2 N–H and O–H groups in total. The van der Waals surface area contributed by atoms with Crippen LogP contribution in [0.3, 0.4) is 0 Å². The van der Waals surface area contributed by atoms with Gasteiger partial charge in [-0.25, -0.2) is 9.59 Å². The van der Waals surface area contributed by atoms with Gasteiger partial charge in [0, 0.05) is 10.9 Å². The van der Waals surface area contributed by atoms with Gasteiger partial charge in [-0.3, -0.25) is 0 Å². The molecule has 0 fully saturated rings. The van der Waals surface area contributed by atoms with Crippen molar-refractivity contribution in [1.29, 1.82) is 0 Å². The Hall–Kier alpha value is -3.51. The predicted octanol–water partition coefficient (Wildman–Crippen LogP) is 4.71. The lowest BCUT2D eigenvalue weighted by Gasteiger charge is -2.18. The van der Waals surface area contributed by atoms with E-state index in [2.05, 4.69) is 5.32 Å². The topological polar surface area (TPSA) is 84.9 Å². The minimum absolute atomic E-state index is 0.101. The molecule has 0 radical (unpaired) electrons. The largest absolute Gasteiger partial charge is 0.491 e. The molecule has 1 aliphatic rings. The number of amides is 1. The molecule has 0 saturated heterocycles. The number of halogens is 1. The maximum absolute atomic E-state index is 12.3. The summed E-state index contributed by atoms with van der Waals surface area (Å²) in [4.78, 5) is 23.9. The molecule has 7 heteroatoms. The number of rotatable bonds is 7. The zero-order valence-corrected chi connectivity index (χ0v) is 17.2. The van der Waals surface area contributed by atoms with Crippen molar-refractivity contribution in [2.45, 2.75) is 12.0 Å². The van der Waals surface area contributed by atoms with Crippen LogP contribution in [0.1, 0.15) is 17.0 Å². The number of aliphatic carboxylic acids is 1. The van der Waals surface area contributed by atoms with Crippen LogP contribution in [0.4, 0.5) is 4.79 Å². The summed E-state index contributed by atoms with van der Waals surface area (Å²) in [5.41, 5.74) is 4.40. The summed E-state index contributed by atoms with van der Waals surface area (Å²) >= 11 is 5.82. The second-order valence-corrected chi connectivity index (χ2v) is 7.56. The van der Waals surface area contributed by atoms with Crippen LogP contribution in [-0.4, -0.2) is 36.4 Å². The van der Waals surface area contributed by atoms with Gasteiger partial charge in [0.05, 0.1) is 0 Å². The second-order valence-electron chi connectivity index (χ2n) is 7.13. The van der Waals surface area contributed by atoms with Gasteiger partial charge in [0.15, 0.2) is 6.04 Å². The van der Waals surface area contributed by atoms with Crippen LogP contribution in [0.5, 0.6) is 5.75 Å². The van der Waals surface area contributed by atoms with Crippen LogP contribution in [0, 0.1) is 0 Å². The first-order chi connectivity index (χ1) is 15.0. The average molecular weight is 438 g/mol. The maximum Gasteiger partial charge on any atom is 0.407 e. The first-order valence-electron chi connectivity index (χ1n) is 9.75. The van der Waals surface area contributed by atoms with Gasteiger partial charge in [-0.05, 0) is 46.5 Å². The Morgan fingerprint density at radius 1 is 0.935 bits per heavy atom. The summed E-state index contributed by atoms with van der Waals surface area (Å²) in [6.07, 6.45) is -0.811. The van der Waals surface area contributed by atoms with Crippen LogP contribution in [0.15, 0.2) is 72.8 Å². The molecule has 0 unspecified atom stereocenters. The summed E-state index contributed by atoms with van der Waals surface area (Å²) in [7, 11) is 0. The third-order valence-corrected chi connectivity index (χ3v) is 5.42. The number of hydrogen-bond donors (Lipinski definition) is 2. The van der Waals surface area contributed by atoms with Crippen molar-refractivity contribution in [1.82, 2.24) is 5.32 Å². The fourth-order valence-corrected chi connectivity index (χ4v) is 3.79. The predicted molar refractivity (Wildman–Crippen MR) is 117 cm³/mol. The number of carboxylic acid groups (broad SMARTS) is 1. The SMILES string of the molecule is O=C(N[C@H](COc1ccc(Cl)cc1)C(=O)O)OCC1c2ccccc2-c2ccccc21. The summed E-state index contributed by atoms with van der Waals surface area (Å²) < 4.78 is 10.8. The minimum Gasteiger partial charge on any atom is -0.491 e. The summed E-state index contributed by atoms with van der Waals surface area (Å²) in [6, 6.07) is 21.2. The van der Waals surface area contributed by atoms with Crippen molar-refractivity contribution >= 4 is 23.7 Å². The first-order valence-corrected chi connectivity index (χ1v) is 10.1. The van der Waals surface area contributed by atoms with Crippen LogP contribution in [0.2, 0.25) is 5.02 Å². The fourth-order valence-electron chi connectivity index (χ4n) is 3.67. The van der Waals surface area contributed by atoms with E-state index >= 15 is 0 Å². The molecule has 0 spiro atoms. The molecule has 1 amide bonds. The normalized spacial score (nSPS) is 13.1. The number of hydrogen-bond acceptors (Lipinski definition) is 4. The molecule has 158 valence electrons. The molecule has 1 aliphatic carbocycles. The van der Waals surface area contributed by atoms with Gasteiger partial charge in [-0.1, -0.05) is 60.1 Å². The van der Waals surface area contributed by atoms with Crippen LogP contribution < -0.4 is 10.1 Å². The van der Waals surface area contributed by atoms with E-state index in [0.717, 1.165) is 22.3 Å². The number of carboxylic acids is 1. The molecule has 0 aromatic heterocycles. The second kappa shape index (κ2) is 9.10. The van der Waals surface area contributed by atoms with Gasteiger partial charge in [-0.15, -0.1) is 0 Å². The van der Waals surface area contributed by atoms with Crippen molar-refractivity contribution in [2.24, 2.45) is 0 Å². The molecule has 0 saturated carbocycles. The average Bonchev–Trinajstić information content (AvgIpc) is 3.10. The fraction of sp³-hybridized carbons (Fsp3) is 0.167. The highest BCUT2D eigenvalue weighted by Gasteiger charge is 2.29. The molecule has 3 aromatic carbocycles. The van der Waals surface area contributed by atoms with E-state index in [9.17, 15) is 14.7 Å². The number of nitrogens with one attached hydrogen (secondary N) is 1. The van der Waals surface area contributed by atoms with Gasteiger partial charge in [0.25, 0.3) is 0 Å². The van der Waals surface area contributed by atoms with E-state index in [-0.39, 0.29) is 19.1 Å². The molecule has 4 rings (SSSR count). The summed E-state index contributed by atoms with van der Waals surface area (Å²) in [5.74, 6) is -0.876. The van der Waals surface area contributed by atoms with Crippen LogP contribution in [0.25, 0.3) is 11.1 Å². The molecule has 0 aliphatic heterocycles. The zero-order chi connectivity index (χ0) is 21.8. The van der Waals surface area contributed by atoms with Crippen molar-refractivity contribution in [3.8, 4) is 16.9 Å². The van der Waals surface area contributed by atoms with E-state index in [1.165, 1.54) is 0 Å². The van der Waals surface area contributed by atoms with Gasteiger partial charge < -0.3 is 19.9 Å². The zero-order valence-electron chi connectivity index (χ0n) is 16.5. The molecule has 6 nitrogen and oxygen atoms in total. The Morgan fingerprint density at radius 2 is 1.52 bits per heavy atom. The Balaban J connectivity index is 1.38. The standard InChI is InChI=1S/C24H20ClNO5/c25-15-9-11-16(12-10-15)30-14-22(23(27)28)26-24(29)31-13-21-19-7-3-1-5-17(19)18-6-2-4-8-20(18)21/h1-12,21-22H,13-14H2,(H,26,29)(H,27,28)/t22-/m1/s1. The molecule has 0 heterocycles. The molecular formula is C24H20ClNO5. The van der Waals surface area contributed by atoms with Crippen molar-refractivity contribution in [3.05, 3.63) is 88.9 Å². The maximum atomic E-state index is 12.3. The van der Waals surface area contributed by atoms with Gasteiger partial charge >= 0.3 is 12.1 Å². The number of ether oxygens (including phenoxy) is 2. The smallest absolute Gasteiger partial charge is 0.407 e.